The van der Waals surface area contributed by atoms with Crippen molar-refractivity contribution in [3.63, 3.8) is 0 Å². The second-order valence-corrected chi connectivity index (χ2v) is 2.69. The van der Waals surface area contributed by atoms with Crippen LogP contribution >= 0.6 is 0 Å². The number of rotatable bonds is 0. The Balaban J connectivity index is 0. The third kappa shape index (κ3) is 7.23. The maximum Gasteiger partial charge on any atom is 0.416 e. The summed E-state index contributed by atoms with van der Waals surface area (Å²) < 4.78 is 36.0. The fourth-order valence-electron chi connectivity index (χ4n) is 1.05. The van der Waals surface area contributed by atoms with Crippen molar-refractivity contribution in [2.45, 2.75) is 53.6 Å². The Morgan fingerprint density at radius 2 is 1.53 bits per heavy atom. The van der Waals surface area contributed by atoms with Gasteiger partial charge < -0.3 is 0 Å². The second kappa shape index (κ2) is 8.57. The normalized spacial score (nSPS) is 14.9. The molecule has 15 heavy (non-hydrogen) atoms. The Bertz CT molecular complexity index is 209. The lowest BCUT2D eigenvalue weighted by atomic mass is 10.0. The molecule has 0 unspecified atom stereocenters. The fourth-order valence-corrected chi connectivity index (χ4v) is 1.05. The molecule has 1 rings (SSSR count). The third-order valence-electron chi connectivity index (χ3n) is 1.63. The quantitative estimate of drug-likeness (QED) is 0.524. The molecule has 0 atom stereocenters. The highest BCUT2D eigenvalue weighted by molar-refractivity contribution is 5.30. The summed E-state index contributed by atoms with van der Waals surface area (Å²) in [7, 11) is 0. The van der Waals surface area contributed by atoms with E-state index in [1.54, 1.807) is 6.92 Å². The van der Waals surface area contributed by atoms with Gasteiger partial charge in [0.15, 0.2) is 0 Å². The van der Waals surface area contributed by atoms with Crippen LogP contribution in [0.1, 0.15) is 47.5 Å². The highest BCUT2D eigenvalue weighted by Crippen LogP contribution is 2.31. The minimum absolute atomic E-state index is 0.499. The molecule has 0 saturated carbocycles. The van der Waals surface area contributed by atoms with Crippen molar-refractivity contribution in [1.82, 2.24) is 0 Å². The van der Waals surface area contributed by atoms with E-state index in [2.05, 4.69) is 0 Å². The fraction of sp³-hybridized carbons (Fsp3) is 0.667. The molecule has 0 radical (unpaired) electrons. The van der Waals surface area contributed by atoms with Crippen LogP contribution in [0.25, 0.3) is 0 Å². The van der Waals surface area contributed by atoms with Gasteiger partial charge in [-0.2, -0.15) is 13.2 Å². The molecular weight excluding hydrogens is 201 g/mol. The lowest BCUT2D eigenvalue weighted by molar-refractivity contribution is -0.0887. The van der Waals surface area contributed by atoms with Gasteiger partial charge in [-0.3, -0.25) is 0 Å². The van der Waals surface area contributed by atoms with Crippen LogP contribution in [0, 0.1) is 0 Å². The summed E-state index contributed by atoms with van der Waals surface area (Å²) in [5, 5.41) is 0. The summed E-state index contributed by atoms with van der Waals surface area (Å²) in [6.07, 6.45) is -0.449. The number of alkyl halides is 3. The third-order valence-corrected chi connectivity index (χ3v) is 1.63. The van der Waals surface area contributed by atoms with Crippen molar-refractivity contribution in [3.05, 3.63) is 23.3 Å². The molecule has 0 aromatic rings. The summed E-state index contributed by atoms with van der Waals surface area (Å²) in [6.45, 7) is 9.72. The molecule has 3 heteroatoms. The largest absolute Gasteiger partial charge is 0.416 e. The number of hydrogen-bond acceptors (Lipinski definition) is 0. The second-order valence-electron chi connectivity index (χ2n) is 2.69. The van der Waals surface area contributed by atoms with Crippen LogP contribution < -0.4 is 0 Å². The van der Waals surface area contributed by atoms with E-state index in [-0.39, 0.29) is 0 Å². The molecule has 0 amide bonds. The molecule has 0 heterocycles. The SMILES string of the molecule is CC.CC.CC1=CC(C(F)(F)F)=CCC1. The molecule has 1 aliphatic carbocycles. The van der Waals surface area contributed by atoms with Crippen LogP contribution in [-0.4, -0.2) is 6.18 Å². The molecule has 0 fully saturated rings. The lowest BCUT2D eigenvalue weighted by Crippen LogP contribution is -2.11. The van der Waals surface area contributed by atoms with Gasteiger partial charge in [0, 0.05) is 0 Å². The van der Waals surface area contributed by atoms with Crippen LogP contribution in [0.2, 0.25) is 0 Å². The Kier molecular flexibility index (Phi) is 9.53. The van der Waals surface area contributed by atoms with Crippen molar-refractivity contribution in [2.24, 2.45) is 0 Å². The van der Waals surface area contributed by atoms with Gasteiger partial charge in [-0.25, -0.2) is 0 Å². The molecule has 0 bridgehead atoms. The molecule has 0 saturated heterocycles. The molecule has 0 aromatic carbocycles. The molecule has 0 aromatic heterocycles. The Hall–Kier alpha value is -0.730. The maximum absolute atomic E-state index is 12.0. The summed E-state index contributed by atoms with van der Waals surface area (Å²) in [4.78, 5) is 0. The maximum atomic E-state index is 12.0. The lowest BCUT2D eigenvalue weighted by Gasteiger charge is -2.13. The zero-order valence-electron chi connectivity index (χ0n) is 10.2. The van der Waals surface area contributed by atoms with Crippen LogP contribution in [0.5, 0.6) is 0 Å². The summed E-state index contributed by atoms with van der Waals surface area (Å²) in [5.41, 5.74) is 0.307. The Morgan fingerprint density at radius 1 is 1.07 bits per heavy atom. The highest BCUT2D eigenvalue weighted by atomic mass is 19.4. The van der Waals surface area contributed by atoms with Gasteiger partial charge >= 0.3 is 6.18 Å². The standard InChI is InChI=1S/C8H9F3.2C2H6/c1-6-3-2-4-7(5-6)8(9,10)11;2*1-2/h4-5H,2-3H2,1H3;2*1-2H3. The molecular formula is C12H21F3. The van der Waals surface area contributed by atoms with E-state index in [4.69, 9.17) is 0 Å². The predicted octanol–water partition coefficient (Wildman–Crippen LogP) is 5.27. The van der Waals surface area contributed by atoms with Crippen molar-refractivity contribution < 1.29 is 13.2 Å². The summed E-state index contributed by atoms with van der Waals surface area (Å²) in [5.74, 6) is 0. The molecule has 1 aliphatic rings. The van der Waals surface area contributed by atoms with E-state index in [9.17, 15) is 13.2 Å². The number of halogens is 3. The first-order valence-electron chi connectivity index (χ1n) is 5.44. The first kappa shape index (κ1) is 16.7. The first-order valence-corrected chi connectivity index (χ1v) is 5.44. The zero-order chi connectivity index (χ0) is 12.5. The van der Waals surface area contributed by atoms with E-state index in [1.807, 2.05) is 27.7 Å². The van der Waals surface area contributed by atoms with E-state index < -0.39 is 11.7 Å². The van der Waals surface area contributed by atoms with Gasteiger partial charge in [0.05, 0.1) is 5.57 Å². The van der Waals surface area contributed by atoms with Crippen LogP contribution in [0.4, 0.5) is 13.2 Å². The minimum Gasteiger partial charge on any atom is -0.166 e. The molecule has 0 spiro atoms. The minimum atomic E-state index is -4.16. The molecule has 0 aliphatic heterocycles. The monoisotopic (exact) mass is 222 g/mol. The van der Waals surface area contributed by atoms with E-state index in [0.29, 0.717) is 6.42 Å². The van der Waals surface area contributed by atoms with Gasteiger partial charge in [-0.05, 0) is 19.8 Å². The van der Waals surface area contributed by atoms with E-state index >= 15 is 0 Å². The molecule has 0 nitrogen and oxygen atoms in total. The van der Waals surface area contributed by atoms with E-state index in [1.165, 1.54) is 12.2 Å². The van der Waals surface area contributed by atoms with Crippen LogP contribution in [0.15, 0.2) is 23.3 Å². The average molecular weight is 222 g/mol. The smallest absolute Gasteiger partial charge is 0.166 e. The number of allylic oxidation sites excluding steroid dienone is 4. The van der Waals surface area contributed by atoms with Crippen molar-refractivity contribution in [2.75, 3.05) is 0 Å². The predicted molar refractivity (Wildman–Crippen MR) is 59.8 cm³/mol. The topological polar surface area (TPSA) is 0 Å². The molecule has 0 N–H and O–H groups in total. The zero-order valence-corrected chi connectivity index (χ0v) is 10.2. The van der Waals surface area contributed by atoms with Crippen molar-refractivity contribution in [1.29, 1.82) is 0 Å². The average Bonchev–Trinajstić information content (AvgIpc) is 2.23. The van der Waals surface area contributed by atoms with Crippen LogP contribution in [0.3, 0.4) is 0 Å². The van der Waals surface area contributed by atoms with Gasteiger partial charge in [0.25, 0.3) is 0 Å². The summed E-state index contributed by atoms with van der Waals surface area (Å²) in [6, 6.07) is 0. The van der Waals surface area contributed by atoms with Crippen molar-refractivity contribution in [3.8, 4) is 0 Å². The molecule has 90 valence electrons. The number of hydrogen-bond donors (Lipinski definition) is 0. The summed E-state index contributed by atoms with van der Waals surface area (Å²) >= 11 is 0. The van der Waals surface area contributed by atoms with Gasteiger partial charge in [-0.1, -0.05) is 45.4 Å². The van der Waals surface area contributed by atoms with Gasteiger partial charge in [0.1, 0.15) is 0 Å². The Labute approximate surface area is 90.9 Å². The highest BCUT2D eigenvalue weighted by Gasteiger charge is 2.32. The van der Waals surface area contributed by atoms with Crippen molar-refractivity contribution >= 4 is 0 Å². The van der Waals surface area contributed by atoms with Crippen LogP contribution in [-0.2, 0) is 0 Å². The Morgan fingerprint density at radius 3 is 1.80 bits per heavy atom. The van der Waals surface area contributed by atoms with E-state index in [0.717, 1.165) is 12.0 Å². The van der Waals surface area contributed by atoms with Gasteiger partial charge in [-0.15, -0.1) is 0 Å². The van der Waals surface area contributed by atoms with Gasteiger partial charge in [0.2, 0.25) is 0 Å². The first-order chi connectivity index (χ1) is 7.00.